The molecule has 5 N–H and O–H groups in total. The molecule has 1 amide bonds. The Morgan fingerprint density at radius 2 is 1.96 bits per heavy atom. The number of nitrogens with one attached hydrogen (secondary N) is 2. The third-order valence-corrected chi connectivity index (χ3v) is 5.48. The summed E-state index contributed by atoms with van der Waals surface area (Å²) in [7, 11) is 0. The second-order valence-corrected chi connectivity index (χ2v) is 6.69. The second kappa shape index (κ2) is 6.26. The van der Waals surface area contributed by atoms with Crippen molar-refractivity contribution in [3.05, 3.63) is 0 Å². The molecule has 2 saturated carbocycles. The van der Waals surface area contributed by atoms with Gasteiger partial charge in [0, 0.05) is 18.3 Å². The summed E-state index contributed by atoms with van der Waals surface area (Å²) >= 11 is 5.60. The van der Waals surface area contributed by atoms with E-state index >= 15 is 0 Å². The van der Waals surface area contributed by atoms with Crippen molar-refractivity contribution in [2.24, 2.45) is 23.7 Å². The second-order valence-electron chi connectivity index (χ2n) is 6.48. The first-order valence-corrected chi connectivity index (χ1v) is 7.91. The van der Waals surface area contributed by atoms with Crippen LogP contribution in [0.3, 0.4) is 0 Å². The Morgan fingerprint density at radius 3 is 2.35 bits per heavy atom. The van der Waals surface area contributed by atoms with Crippen molar-refractivity contribution in [2.45, 2.75) is 44.4 Å². The van der Waals surface area contributed by atoms with Crippen LogP contribution in [0, 0.1) is 23.7 Å². The monoisotopic (exact) mass is 348 g/mol. The molecule has 9 heteroatoms. The summed E-state index contributed by atoms with van der Waals surface area (Å²) in [6.07, 6.45) is -0.629. The van der Waals surface area contributed by atoms with Crippen molar-refractivity contribution >= 4 is 29.6 Å². The predicted octanol–water partition coefficient (Wildman–Crippen LogP) is -0.204. The van der Waals surface area contributed by atoms with Crippen molar-refractivity contribution < 1.29 is 29.7 Å². The standard InChI is InChI=1S/C14H21ClN2O6/c1-3-5(2)10(17-15)11(19)16-14(13(22)23)4-6(18)7-8(9(7)14)12(20)21/h5-10,17-18H,3-4H2,1-2H3,(H,16,19)(H,20,21)(H,22,23)/t5?,6-,7-,8-,9-,10-,14-/m0/s1. The van der Waals surface area contributed by atoms with Crippen molar-refractivity contribution in [1.29, 1.82) is 0 Å². The van der Waals surface area contributed by atoms with Crippen LogP contribution in [0.15, 0.2) is 0 Å². The van der Waals surface area contributed by atoms with Crippen LogP contribution < -0.4 is 10.2 Å². The van der Waals surface area contributed by atoms with Gasteiger partial charge in [0.05, 0.1) is 12.0 Å². The number of amides is 1. The minimum atomic E-state index is -1.77. The van der Waals surface area contributed by atoms with Gasteiger partial charge in [0.25, 0.3) is 0 Å². The molecular weight excluding hydrogens is 328 g/mol. The number of aliphatic carboxylic acids is 2. The zero-order valence-electron chi connectivity index (χ0n) is 12.8. The number of carbonyl (C=O) groups excluding carboxylic acids is 1. The molecule has 0 aliphatic heterocycles. The topological polar surface area (TPSA) is 136 Å². The summed E-state index contributed by atoms with van der Waals surface area (Å²) in [6, 6.07) is -0.809. The molecule has 2 aliphatic rings. The highest BCUT2D eigenvalue weighted by atomic mass is 35.5. The number of carboxylic acid groups (broad SMARTS) is 2. The Bertz CT molecular complexity index is 529. The zero-order valence-corrected chi connectivity index (χ0v) is 13.6. The number of halogens is 1. The quantitative estimate of drug-likeness (QED) is 0.402. The zero-order chi connectivity index (χ0) is 17.5. The molecule has 130 valence electrons. The highest BCUT2D eigenvalue weighted by Gasteiger charge is 2.75. The molecule has 2 rings (SSSR count). The Morgan fingerprint density at radius 1 is 1.35 bits per heavy atom. The van der Waals surface area contributed by atoms with Gasteiger partial charge in [-0.25, -0.2) is 9.63 Å². The summed E-state index contributed by atoms with van der Waals surface area (Å²) in [5.41, 5.74) is -1.77. The van der Waals surface area contributed by atoms with E-state index in [1.165, 1.54) is 0 Å². The van der Waals surface area contributed by atoms with Crippen LogP contribution in [0.1, 0.15) is 26.7 Å². The first kappa shape index (κ1) is 18.0. The van der Waals surface area contributed by atoms with E-state index in [9.17, 15) is 24.6 Å². The first-order valence-electron chi connectivity index (χ1n) is 7.53. The van der Waals surface area contributed by atoms with Crippen LogP contribution in [0.4, 0.5) is 0 Å². The fraction of sp³-hybridized carbons (Fsp3) is 0.786. The average molecular weight is 349 g/mol. The average Bonchev–Trinajstić information content (AvgIpc) is 3.16. The number of aliphatic hydroxyl groups is 1. The Kier molecular flexibility index (Phi) is 4.89. The van der Waals surface area contributed by atoms with Crippen LogP contribution in [0.5, 0.6) is 0 Å². The van der Waals surface area contributed by atoms with Crippen LogP contribution in [-0.4, -0.2) is 50.9 Å². The number of aliphatic hydroxyl groups excluding tert-OH is 1. The normalized spacial score (nSPS) is 37.6. The summed E-state index contributed by atoms with van der Waals surface area (Å²) in [5.74, 6) is -5.66. The highest BCUT2D eigenvalue weighted by Crippen LogP contribution is 2.62. The SMILES string of the molecule is CCC(C)[C@H](NCl)C(=O)N[C@@]1(C(=O)O)C[C@H](O)[C@H]2[C@H](C(=O)O)[C@H]21. The van der Waals surface area contributed by atoms with E-state index < -0.39 is 53.3 Å². The molecule has 0 saturated heterocycles. The number of rotatable bonds is 7. The fourth-order valence-electron chi connectivity index (χ4n) is 3.74. The maximum absolute atomic E-state index is 12.4. The number of fused-ring (bicyclic) bond motifs is 1. The van der Waals surface area contributed by atoms with Gasteiger partial charge in [-0.3, -0.25) is 9.59 Å². The van der Waals surface area contributed by atoms with Gasteiger partial charge in [-0.05, 0) is 17.7 Å². The largest absolute Gasteiger partial charge is 0.481 e. The smallest absolute Gasteiger partial charge is 0.329 e. The number of carboxylic acids is 2. The molecule has 0 aromatic rings. The number of carbonyl (C=O) groups is 3. The van der Waals surface area contributed by atoms with Gasteiger partial charge in [-0.15, -0.1) is 0 Å². The molecule has 23 heavy (non-hydrogen) atoms. The van der Waals surface area contributed by atoms with Gasteiger partial charge in [0.2, 0.25) is 5.91 Å². The van der Waals surface area contributed by atoms with Gasteiger partial charge < -0.3 is 20.6 Å². The fourth-order valence-corrected chi connectivity index (χ4v) is 4.05. The van der Waals surface area contributed by atoms with Gasteiger partial charge in [0.15, 0.2) is 0 Å². The minimum Gasteiger partial charge on any atom is -0.481 e. The first-order chi connectivity index (χ1) is 10.7. The molecule has 0 bridgehead atoms. The maximum atomic E-state index is 12.4. The molecular formula is C14H21ClN2O6. The number of hydrogen-bond donors (Lipinski definition) is 5. The number of hydrogen-bond acceptors (Lipinski definition) is 5. The summed E-state index contributed by atoms with van der Waals surface area (Å²) < 4.78 is 0. The summed E-state index contributed by atoms with van der Waals surface area (Å²) in [4.78, 5) is 37.8. The molecule has 1 unspecified atom stereocenters. The molecule has 0 aromatic heterocycles. The van der Waals surface area contributed by atoms with Gasteiger partial charge in [-0.1, -0.05) is 20.3 Å². The minimum absolute atomic E-state index is 0.144. The lowest BCUT2D eigenvalue weighted by atomic mass is 9.88. The van der Waals surface area contributed by atoms with Crippen molar-refractivity contribution in [3.8, 4) is 0 Å². The molecule has 2 aliphatic carbocycles. The third-order valence-electron chi connectivity index (χ3n) is 5.25. The summed E-state index contributed by atoms with van der Waals surface area (Å²) in [6.45, 7) is 3.65. The molecule has 0 radical (unpaired) electrons. The Labute approximate surface area is 138 Å². The Hall–Kier alpha value is -1.38. The van der Waals surface area contributed by atoms with Crippen LogP contribution in [-0.2, 0) is 14.4 Å². The molecule has 8 nitrogen and oxygen atoms in total. The van der Waals surface area contributed by atoms with Crippen molar-refractivity contribution in [3.63, 3.8) is 0 Å². The van der Waals surface area contributed by atoms with Crippen LogP contribution in [0.2, 0.25) is 0 Å². The van der Waals surface area contributed by atoms with Crippen molar-refractivity contribution in [2.75, 3.05) is 0 Å². The lowest BCUT2D eigenvalue weighted by molar-refractivity contribution is -0.151. The van der Waals surface area contributed by atoms with Crippen LogP contribution in [0.25, 0.3) is 0 Å². The van der Waals surface area contributed by atoms with Gasteiger partial charge >= 0.3 is 11.9 Å². The lowest BCUT2D eigenvalue weighted by Crippen LogP contribution is -2.60. The molecule has 7 atom stereocenters. The maximum Gasteiger partial charge on any atom is 0.329 e. The van der Waals surface area contributed by atoms with E-state index in [0.717, 1.165) is 0 Å². The predicted molar refractivity (Wildman–Crippen MR) is 79.5 cm³/mol. The molecule has 2 fully saturated rings. The van der Waals surface area contributed by atoms with E-state index in [-0.39, 0.29) is 12.3 Å². The van der Waals surface area contributed by atoms with Gasteiger partial charge in [0.1, 0.15) is 11.6 Å². The summed E-state index contributed by atoms with van der Waals surface area (Å²) in [5, 5.41) is 31.2. The van der Waals surface area contributed by atoms with E-state index in [2.05, 4.69) is 10.2 Å². The molecule has 0 aromatic carbocycles. The molecule has 0 spiro atoms. The van der Waals surface area contributed by atoms with E-state index in [4.69, 9.17) is 16.9 Å². The van der Waals surface area contributed by atoms with E-state index in [0.29, 0.717) is 6.42 Å². The van der Waals surface area contributed by atoms with E-state index in [1.807, 2.05) is 6.92 Å². The lowest BCUT2D eigenvalue weighted by Gasteiger charge is -2.32. The highest BCUT2D eigenvalue weighted by molar-refractivity contribution is 6.15. The van der Waals surface area contributed by atoms with Gasteiger partial charge in [-0.2, -0.15) is 0 Å². The molecule has 0 heterocycles. The van der Waals surface area contributed by atoms with E-state index in [1.54, 1.807) is 6.92 Å². The van der Waals surface area contributed by atoms with Crippen molar-refractivity contribution in [1.82, 2.24) is 10.2 Å². The Balaban J connectivity index is 2.25. The third kappa shape index (κ3) is 2.79. The van der Waals surface area contributed by atoms with Crippen LogP contribution >= 0.6 is 11.8 Å².